The molecule has 2 atom stereocenters. The fourth-order valence-electron chi connectivity index (χ4n) is 4.09. The normalized spacial score (nSPS) is 19.7. The number of carbonyl (C=O) groups is 3. The SMILES string of the molecule is CC.CCc1ccccc1CNC(=O)C1CCCN1C(=O)C(NC(=O)C1(F)CC1)C(C)(C)C. The first-order chi connectivity index (χ1) is 15.6. The highest BCUT2D eigenvalue weighted by molar-refractivity contribution is 5.95. The molecule has 1 heterocycles. The van der Waals surface area contributed by atoms with Crippen LogP contribution in [0.3, 0.4) is 0 Å². The van der Waals surface area contributed by atoms with E-state index in [9.17, 15) is 18.8 Å². The van der Waals surface area contributed by atoms with E-state index in [1.165, 1.54) is 5.56 Å². The van der Waals surface area contributed by atoms with Crippen molar-refractivity contribution in [2.24, 2.45) is 5.41 Å². The van der Waals surface area contributed by atoms with Gasteiger partial charge in [0.05, 0.1) is 0 Å². The molecule has 184 valence electrons. The van der Waals surface area contributed by atoms with Crippen molar-refractivity contribution in [3.05, 3.63) is 35.4 Å². The number of amides is 3. The summed E-state index contributed by atoms with van der Waals surface area (Å²) < 4.78 is 14.2. The molecule has 1 saturated carbocycles. The summed E-state index contributed by atoms with van der Waals surface area (Å²) in [7, 11) is 0. The number of likely N-dealkylation sites (tertiary alicyclic amines) is 1. The molecule has 2 aliphatic rings. The first kappa shape index (κ1) is 26.8. The van der Waals surface area contributed by atoms with Gasteiger partial charge in [-0.3, -0.25) is 14.4 Å². The zero-order valence-electron chi connectivity index (χ0n) is 21.0. The fourth-order valence-corrected chi connectivity index (χ4v) is 4.09. The summed E-state index contributed by atoms with van der Waals surface area (Å²) in [4.78, 5) is 40.2. The van der Waals surface area contributed by atoms with Crippen LogP contribution in [0, 0.1) is 5.41 Å². The Balaban J connectivity index is 0.00000187. The third-order valence-electron chi connectivity index (χ3n) is 6.28. The highest BCUT2D eigenvalue weighted by atomic mass is 19.1. The van der Waals surface area contributed by atoms with Crippen LogP contribution >= 0.6 is 0 Å². The maximum atomic E-state index is 14.2. The Hall–Kier alpha value is -2.44. The summed E-state index contributed by atoms with van der Waals surface area (Å²) in [5.41, 5.74) is -0.218. The van der Waals surface area contributed by atoms with Gasteiger partial charge in [-0.25, -0.2) is 4.39 Å². The van der Waals surface area contributed by atoms with E-state index in [1.54, 1.807) is 4.90 Å². The lowest BCUT2D eigenvalue weighted by Crippen LogP contribution is -2.58. The largest absolute Gasteiger partial charge is 0.350 e. The predicted octanol–water partition coefficient (Wildman–Crippen LogP) is 3.92. The van der Waals surface area contributed by atoms with Gasteiger partial charge in [-0.05, 0) is 48.6 Å². The van der Waals surface area contributed by atoms with Crippen LogP contribution in [-0.2, 0) is 27.3 Å². The van der Waals surface area contributed by atoms with E-state index >= 15 is 0 Å². The van der Waals surface area contributed by atoms with Crippen LogP contribution in [0.15, 0.2) is 24.3 Å². The number of halogens is 1. The zero-order chi connectivity index (χ0) is 24.8. The van der Waals surface area contributed by atoms with Gasteiger partial charge in [0.25, 0.3) is 5.91 Å². The van der Waals surface area contributed by atoms with E-state index < -0.39 is 29.1 Å². The van der Waals surface area contributed by atoms with Crippen molar-refractivity contribution in [2.75, 3.05) is 6.54 Å². The maximum Gasteiger partial charge on any atom is 0.258 e. The highest BCUT2D eigenvalue weighted by Gasteiger charge is 2.53. The molecule has 0 bridgehead atoms. The number of rotatable bonds is 7. The Bertz CT molecular complexity index is 845. The van der Waals surface area contributed by atoms with Crippen molar-refractivity contribution in [3.63, 3.8) is 0 Å². The third kappa shape index (κ3) is 6.55. The van der Waals surface area contributed by atoms with Crippen LogP contribution in [0.25, 0.3) is 0 Å². The molecule has 2 unspecified atom stereocenters. The molecule has 1 saturated heterocycles. The van der Waals surface area contributed by atoms with Crippen LogP contribution in [0.5, 0.6) is 0 Å². The number of nitrogens with zero attached hydrogens (tertiary/aromatic N) is 1. The van der Waals surface area contributed by atoms with Gasteiger partial charge in [0.15, 0.2) is 5.67 Å². The minimum atomic E-state index is -1.85. The van der Waals surface area contributed by atoms with E-state index in [2.05, 4.69) is 17.6 Å². The van der Waals surface area contributed by atoms with Crippen LogP contribution in [0.1, 0.15) is 78.4 Å². The van der Waals surface area contributed by atoms with E-state index in [0.29, 0.717) is 25.9 Å². The Morgan fingerprint density at radius 3 is 2.30 bits per heavy atom. The van der Waals surface area contributed by atoms with E-state index in [1.807, 2.05) is 58.9 Å². The van der Waals surface area contributed by atoms with Crippen molar-refractivity contribution in [1.82, 2.24) is 15.5 Å². The molecule has 1 aliphatic heterocycles. The molecule has 1 aromatic rings. The molecule has 6 nitrogen and oxygen atoms in total. The molecule has 3 amide bonds. The van der Waals surface area contributed by atoms with Crippen molar-refractivity contribution >= 4 is 17.7 Å². The number of aryl methyl sites for hydroxylation is 1. The van der Waals surface area contributed by atoms with Crippen molar-refractivity contribution in [3.8, 4) is 0 Å². The Kier molecular flexibility index (Phi) is 9.04. The van der Waals surface area contributed by atoms with Gasteiger partial charge in [0.2, 0.25) is 11.8 Å². The van der Waals surface area contributed by atoms with Crippen LogP contribution in [0.4, 0.5) is 4.39 Å². The second-order valence-corrected chi connectivity index (χ2v) is 9.77. The van der Waals surface area contributed by atoms with Gasteiger partial charge >= 0.3 is 0 Å². The maximum absolute atomic E-state index is 14.2. The Labute approximate surface area is 197 Å². The molecule has 2 fully saturated rings. The van der Waals surface area contributed by atoms with E-state index in [-0.39, 0.29) is 24.7 Å². The van der Waals surface area contributed by atoms with Crippen LogP contribution < -0.4 is 10.6 Å². The number of alkyl halides is 1. The minimum Gasteiger partial charge on any atom is -0.350 e. The minimum absolute atomic E-state index is 0.192. The van der Waals surface area contributed by atoms with E-state index in [4.69, 9.17) is 0 Å². The third-order valence-corrected chi connectivity index (χ3v) is 6.28. The molecule has 3 rings (SSSR count). The number of benzene rings is 1. The van der Waals surface area contributed by atoms with E-state index in [0.717, 1.165) is 12.0 Å². The lowest BCUT2D eigenvalue weighted by molar-refractivity contribution is -0.144. The summed E-state index contributed by atoms with van der Waals surface area (Å²) in [5, 5.41) is 5.60. The van der Waals surface area contributed by atoms with Gasteiger partial charge in [0.1, 0.15) is 12.1 Å². The summed E-state index contributed by atoms with van der Waals surface area (Å²) >= 11 is 0. The van der Waals surface area contributed by atoms with Crippen LogP contribution in [0.2, 0.25) is 0 Å². The Morgan fingerprint density at radius 2 is 1.76 bits per heavy atom. The molecular formula is C26H40FN3O3. The van der Waals surface area contributed by atoms with Gasteiger partial charge in [-0.15, -0.1) is 0 Å². The summed E-state index contributed by atoms with van der Waals surface area (Å²) in [6.45, 7) is 12.4. The number of hydrogen-bond donors (Lipinski definition) is 2. The Morgan fingerprint density at radius 1 is 1.15 bits per heavy atom. The second-order valence-electron chi connectivity index (χ2n) is 9.77. The van der Waals surface area contributed by atoms with Crippen molar-refractivity contribution in [1.29, 1.82) is 0 Å². The summed E-state index contributed by atoms with van der Waals surface area (Å²) in [6.07, 6.45) is 2.55. The smallest absolute Gasteiger partial charge is 0.258 e. The quantitative estimate of drug-likeness (QED) is 0.646. The lowest BCUT2D eigenvalue weighted by atomic mass is 9.85. The van der Waals surface area contributed by atoms with Gasteiger partial charge in [-0.1, -0.05) is 65.8 Å². The zero-order valence-corrected chi connectivity index (χ0v) is 21.0. The van der Waals surface area contributed by atoms with Gasteiger partial charge < -0.3 is 15.5 Å². The van der Waals surface area contributed by atoms with Gasteiger partial charge in [-0.2, -0.15) is 0 Å². The first-order valence-electron chi connectivity index (χ1n) is 12.2. The monoisotopic (exact) mass is 461 g/mol. The molecule has 2 N–H and O–H groups in total. The number of hydrogen-bond acceptors (Lipinski definition) is 3. The second kappa shape index (κ2) is 11.1. The average molecular weight is 462 g/mol. The lowest BCUT2D eigenvalue weighted by Gasteiger charge is -2.35. The molecule has 1 aromatic carbocycles. The molecular weight excluding hydrogens is 421 g/mol. The molecule has 1 aliphatic carbocycles. The summed E-state index contributed by atoms with van der Waals surface area (Å²) in [5.74, 6) is -1.24. The number of carbonyl (C=O) groups excluding carboxylic acids is 3. The first-order valence-corrected chi connectivity index (χ1v) is 12.2. The van der Waals surface area contributed by atoms with Crippen LogP contribution in [-0.4, -0.2) is 46.9 Å². The molecule has 33 heavy (non-hydrogen) atoms. The van der Waals surface area contributed by atoms with Crippen molar-refractivity contribution < 1.29 is 18.8 Å². The highest BCUT2D eigenvalue weighted by Crippen LogP contribution is 2.40. The standard InChI is InChI=1S/C24H34FN3O3.C2H6/c1-5-16-9-6-7-10-17(16)15-26-20(29)18-11-8-14-28(18)21(30)19(23(2,3)4)27-22(31)24(25)12-13-24;1-2/h6-7,9-10,18-19H,5,8,11-15H2,1-4H3,(H,26,29)(H,27,31);1-2H3. The summed E-state index contributed by atoms with van der Waals surface area (Å²) in [6, 6.07) is 6.49. The molecule has 0 spiro atoms. The predicted molar refractivity (Wildman–Crippen MR) is 128 cm³/mol. The number of nitrogens with one attached hydrogen (secondary N) is 2. The molecule has 0 aromatic heterocycles. The fraction of sp³-hybridized carbons (Fsp3) is 0.654. The van der Waals surface area contributed by atoms with Gasteiger partial charge in [0, 0.05) is 13.1 Å². The topological polar surface area (TPSA) is 78.5 Å². The average Bonchev–Trinajstić information content (AvgIpc) is 3.35. The molecule has 0 radical (unpaired) electrons. The van der Waals surface area contributed by atoms with Crippen molar-refractivity contribution in [2.45, 2.75) is 97.9 Å². The molecule has 7 heteroatoms.